The quantitative estimate of drug-likeness (QED) is 0.634. The maximum Gasteiger partial charge on any atom is 0.191 e. The lowest BCUT2D eigenvalue weighted by atomic mass is 10.3. The average Bonchev–Trinajstić information content (AvgIpc) is 2.96. The minimum absolute atomic E-state index is 0.701. The fourth-order valence-corrected chi connectivity index (χ4v) is 2.74. The third-order valence-corrected chi connectivity index (χ3v) is 4.15. The molecule has 1 aromatic carbocycles. The van der Waals surface area contributed by atoms with E-state index in [1.54, 1.807) is 18.4 Å². The first kappa shape index (κ1) is 16.3. The van der Waals surface area contributed by atoms with Crippen LogP contribution in [0.1, 0.15) is 9.88 Å². The number of nitrogens with one attached hydrogen (secondary N) is 2. The molecule has 0 saturated heterocycles. The van der Waals surface area contributed by atoms with Crippen LogP contribution in [-0.2, 0) is 6.54 Å². The summed E-state index contributed by atoms with van der Waals surface area (Å²) in [6, 6.07) is 10.4. The van der Waals surface area contributed by atoms with Crippen molar-refractivity contribution in [3.8, 4) is 0 Å². The van der Waals surface area contributed by atoms with Crippen LogP contribution in [0.25, 0.3) is 0 Å². The standard InChI is InChI=1S/C16H23N5S/c1-13-11-19-15(22-13)12-20-16(17-2)18-9-10-21(3)14-7-5-4-6-8-14/h4-8,11H,9-10,12H2,1-3H3,(H2,17,18,20). The SMILES string of the molecule is CN=C(NCCN(C)c1ccccc1)NCc1ncc(C)s1. The van der Waals surface area contributed by atoms with Gasteiger partial charge in [0.15, 0.2) is 5.96 Å². The van der Waals surface area contributed by atoms with Crippen LogP contribution < -0.4 is 15.5 Å². The summed E-state index contributed by atoms with van der Waals surface area (Å²) in [7, 11) is 3.87. The predicted molar refractivity (Wildman–Crippen MR) is 94.8 cm³/mol. The van der Waals surface area contributed by atoms with Gasteiger partial charge in [-0.05, 0) is 19.1 Å². The number of hydrogen-bond acceptors (Lipinski definition) is 4. The van der Waals surface area contributed by atoms with Gasteiger partial charge in [0.2, 0.25) is 0 Å². The molecule has 0 unspecified atom stereocenters. The monoisotopic (exact) mass is 317 g/mol. The molecule has 0 bridgehead atoms. The molecule has 0 fully saturated rings. The van der Waals surface area contributed by atoms with Crippen LogP contribution in [-0.4, -0.2) is 38.1 Å². The Kier molecular flexibility index (Phi) is 6.21. The Balaban J connectivity index is 1.72. The van der Waals surface area contributed by atoms with Gasteiger partial charge in [-0.25, -0.2) is 4.98 Å². The second-order valence-corrected chi connectivity index (χ2v) is 6.29. The number of aliphatic imine (C=N–C) groups is 1. The van der Waals surface area contributed by atoms with Crippen molar-refractivity contribution >= 4 is 23.0 Å². The first-order valence-electron chi connectivity index (χ1n) is 7.31. The minimum Gasteiger partial charge on any atom is -0.373 e. The molecule has 0 amide bonds. The van der Waals surface area contributed by atoms with Gasteiger partial charge < -0.3 is 15.5 Å². The largest absolute Gasteiger partial charge is 0.373 e. The van der Waals surface area contributed by atoms with Crippen LogP contribution in [0.3, 0.4) is 0 Å². The molecule has 22 heavy (non-hydrogen) atoms. The molecule has 1 aromatic heterocycles. The molecule has 1 heterocycles. The zero-order valence-corrected chi connectivity index (χ0v) is 14.2. The van der Waals surface area contributed by atoms with Gasteiger partial charge in [0, 0.05) is 43.9 Å². The highest BCUT2D eigenvalue weighted by Crippen LogP contribution is 2.10. The van der Waals surface area contributed by atoms with Gasteiger partial charge in [0.05, 0.1) is 6.54 Å². The van der Waals surface area contributed by atoms with E-state index < -0.39 is 0 Å². The number of aryl methyl sites for hydroxylation is 1. The molecule has 0 saturated carbocycles. The highest BCUT2D eigenvalue weighted by molar-refractivity contribution is 7.11. The number of anilines is 1. The Morgan fingerprint density at radius 1 is 1.27 bits per heavy atom. The Bertz CT molecular complexity index is 594. The number of hydrogen-bond donors (Lipinski definition) is 2. The number of thiazole rings is 1. The van der Waals surface area contributed by atoms with Crippen molar-refractivity contribution in [3.05, 3.63) is 46.4 Å². The van der Waals surface area contributed by atoms with E-state index in [1.807, 2.05) is 12.3 Å². The van der Waals surface area contributed by atoms with E-state index in [4.69, 9.17) is 0 Å². The second-order valence-electron chi connectivity index (χ2n) is 4.97. The van der Waals surface area contributed by atoms with Crippen molar-refractivity contribution in [2.24, 2.45) is 4.99 Å². The van der Waals surface area contributed by atoms with Crippen molar-refractivity contribution in [2.75, 3.05) is 32.1 Å². The van der Waals surface area contributed by atoms with E-state index in [0.717, 1.165) is 24.1 Å². The van der Waals surface area contributed by atoms with E-state index in [-0.39, 0.29) is 0 Å². The molecular formula is C16H23N5S. The van der Waals surface area contributed by atoms with Crippen LogP contribution >= 0.6 is 11.3 Å². The van der Waals surface area contributed by atoms with Crippen molar-refractivity contribution in [2.45, 2.75) is 13.5 Å². The number of guanidine groups is 1. The molecule has 118 valence electrons. The smallest absolute Gasteiger partial charge is 0.191 e. The van der Waals surface area contributed by atoms with E-state index in [0.29, 0.717) is 6.54 Å². The molecule has 0 spiro atoms. The number of benzene rings is 1. The van der Waals surface area contributed by atoms with Gasteiger partial charge >= 0.3 is 0 Å². The van der Waals surface area contributed by atoms with E-state index >= 15 is 0 Å². The highest BCUT2D eigenvalue weighted by atomic mass is 32.1. The molecule has 2 aromatic rings. The van der Waals surface area contributed by atoms with Crippen LogP contribution in [0.5, 0.6) is 0 Å². The molecule has 2 rings (SSSR count). The first-order valence-corrected chi connectivity index (χ1v) is 8.12. The number of rotatable bonds is 6. The zero-order chi connectivity index (χ0) is 15.8. The summed E-state index contributed by atoms with van der Waals surface area (Å²) in [5.41, 5.74) is 1.21. The van der Waals surface area contributed by atoms with E-state index in [2.05, 4.69) is 63.7 Å². The summed E-state index contributed by atoms with van der Waals surface area (Å²) in [6.45, 7) is 4.49. The molecule has 2 N–H and O–H groups in total. The molecule has 0 aliphatic heterocycles. The number of para-hydroxylation sites is 1. The average molecular weight is 317 g/mol. The Hall–Kier alpha value is -2.08. The van der Waals surface area contributed by atoms with Gasteiger partial charge in [0.1, 0.15) is 5.01 Å². The summed E-state index contributed by atoms with van der Waals surface area (Å²) in [5, 5.41) is 7.67. The van der Waals surface area contributed by atoms with Crippen LogP contribution in [0.2, 0.25) is 0 Å². The lowest BCUT2D eigenvalue weighted by molar-refractivity contribution is 0.775. The van der Waals surface area contributed by atoms with Gasteiger partial charge in [-0.2, -0.15) is 0 Å². The summed E-state index contributed by atoms with van der Waals surface area (Å²) < 4.78 is 0. The number of nitrogens with zero attached hydrogens (tertiary/aromatic N) is 3. The number of likely N-dealkylation sites (N-methyl/N-ethyl adjacent to an activating group) is 1. The minimum atomic E-state index is 0.701. The van der Waals surface area contributed by atoms with Crippen LogP contribution in [0.4, 0.5) is 5.69 Å². The maximum atomic E-state index is 4.34. The van der Waals surface area contributed by atoms with E-state index in [9.17, 15) is 0 Å². The summed E-state index contributed by atoms with van der Waals surface area (Å²) in [5.74, 6) is 0.800. The normalized spacial score (nSPS) is 11.3. The third-order valence-electron chi connectivity index (χ3n) is 3.24. The third kappa shape index (κ3) is 5.04. The Labute approximate surface area is 136 Å². The van der Waals surface area contributed by atoms with Gasteiger partial charge in [-0.1, -0.05) is 18.2 Å². The number of aromatic nitrogens is 1. The first-order chi connectivity index (χ1) is 10.7. The summed E-state index contributed by atoms with van der Waals surface area (Å²) in [4.78, 5) is 12.0. The molecule has 6 heteroatoms. The fraction of sp³-hybridized carbons (Fsp3) is 0.375. The van der Waals surface area contributed by atoms with Crippen molar-refractivity contribution < 1.29 is 0 Å². The van der Waals surface area contributed by atoms with Gasteiger partial charge in [0.25, 0.3) is 0 Å². The summed E-state index contributed by atoms with van der Waals surface area (Å²) in [6.07, 6.45) is 1.90. The zero-order valence-electron chi connectivity index (χ0n) is 13.3. The maximum absolute atomic E-state index is 4.34. The highest BCUT2D eigenvalue weighted by Gasteiger charge is 2.03. The molecule has 5 nitrogen and oxygen atoms in total. The molecule has 0 radical (unpaired) electrons. The lowest BCUT2D eigenvalue weighted by Crippen LogP contribution is -2.40. The second kappa shape index (κ2) is 8.38. The Morgan fingerprint density at radius 2 is 2.05 bits per heavy atom. The summed E-state index contributed by atoms with van der Waals surface area (Å²) >= 11 is 1.70. The van der Waals surface area contributed by atoms with Gasteiger partial charge in [-0.3, -0.25) is 4.99 Å². The van der Waals surface area contributed by atoms with Gasteiger partial charge in [-0.15, -0.1) is 11.3 Å². The fourth-order valence-electron chi connectivity index (χ4n) is 2.02. The van der Waals surface area contributed by atoms with Crippen LogP contribution in [0, 0.1) is 6.92 Å². The topological polar surface area (TPSA) is 52.6 Å². The molecule has 0 aliphatic carbocycles. The molecule has 0 aliphatic rings. The van der Waals surface area contributed by atoms with Crippen molar-refractivity contribution in [1.82, 2.24) is 15.6 Å². The van der Waals surface area contributed by atoms with Crippen molar-refractivity contribution in [3.63, 3.8) is 0 Å². The predicted octanol–water partition coefficient (Wildman–Crippen LogP) is 2.25. The van der Waals surface area contributed by atoms with E-state index in [1.165, 1.54) is 10.6 Å². The Morgan fingerprint density at radius 3 is 2.68 bits per heavy atom. The lowest BCUT2D eigenvalue weighted by Gasteiger charge is -2.20. The molecular weight excluding hydrogens is 294 g/mol. The molecule has 0 atom stereocenters. The van der Waals surface area contributed by atoms with Crippen LogP contribution in [0.15, 0.2) is 41.5 Å². The van der Waals surface area contributed by atoms with Crippen molar-refractivity contribution in [1.29, 1.82) is 0 Å².